The van der Waals surface area contributed by atoms with Crippen LogP contribution in [0.3, 0.4) is 0 Å². The van der Waals surface area contributed by atoms with Crippen molar-refractivity contribution in [1.82, 2.24) is 4.98 Å². The molecule has 0 radical (unpaired) electrons. The highest BCUT2D eigenvalue weighted by Crippen LogP contribution is 2.42. The number of pyridine rings is 1. The maximum Gasteiger partial charge on any atom is 0.224 e. The fraction of sp³-hybridized carbons (Fsp3) is 0.571. The van der Waals surface area contributed by atoms with Gasteiger partial charge in [0, 0.05) is 12.1 Å². The first-order valence-corrected chi connectivity index (χ1v) is 8.41. The lowest BCUT2D eigenvalue weighted by Crippen LogP contribution is -2.36. The highest BCUT2D eigenvalue weighted by molar-refractivity contribution is 7.93. The molecule has 6 heteroatoms. The molecular weight excluding hydrogens is 278 g/mol. The van der Waals surface area contributed by atoms with Gasteiger partial charge in [0.1, 0.15) is 0 Å². The quantitative estimate of drug-likeness (QED) is 0.792. The van der Waals surface area contributed by atoms with E-state index in [-0.39, 0.29) is 22.2 Å². The molecule has 0 saturated carbocycles. The molecule has 2 aliphatic heterocycles. The van der Waals surface area contributed by atoms with Gasteiger partial charge in [-0.25, -0.2) is 13.4 Å². The molecule has 5 nitrogen and oxygen atoms in total. The Morgan fingerprint density at radius 2 is 1.95 bits per heavy atom. The van der Waals surface area contributed by atoms with Gasteiger partial charge in [-0.1, -0.05) is 0 Å². The second-order valence-electron chi connectivity index (χ2n) is 5.50. The average molecular weight is 295 g/mol. The predicted molar refractivity (Wildman–Crippen MR) is 73.6 cm³/mol. The second-order valence-corrected chi connectivity index (χ2v) is 8.01. The fourth-order valence-corrected chi connectivity index (χ4v) is 5.86. The Labute approximate surface area is 118 Å². The third-order valence-electron chi connectivity index (χ3n) is 4.44. The highest BCUT2D eigenvalue weighted by atomic mass is 32.2. The minimum absolute atomic E-state index is 0.0400. The van der Waals surface area contributed by atoms with Crippen molar-refractivity contribution in [3.05, 3.63) is 23.9 Å². The number of ketones is 1. The van der Waals surface area contributed by atoms with Crippen molar-refractivity contribution >= 4 is 15.6 Å². The summed E-state index contributed by atoms with van der Waals surface area (Å²) in [5.41, 5.74) is 0.457. The number of ether oxygens (including phenoxy) is 1. The lowest BCUT2D eigenvalue weighted by atomic mass is 9.91. The molecule has 0 N–H and O–H groups in total. The number of fused-ring (bicyclic) bond motifs is 2. The van der Waals surface area contributed by atoms with Gasteiger partial charge in [0.05, 0.1) is 23.2 Å². The van der Waals surface area contributed by atoms with Crippen LogP contribution in [-0.4, -0.2) is 36.8 Å². The summed E-state index contributed by atoms with van der Waals surface area (Å²) < 4.78 is 29.2. The van der Waals surface area contributed by atoms with E-state index >= 15 is 0 Å². The Morgan fingerprint density at radius 1 is 1.30 bits per heavy atom. The number of nitrogens with zero attached hydrogens (tertiary/aromatic N) is 1. The van der Waals surface area contributed by atoms with E-state index in [1.807, 2.05) is 0 Å². The van der Waals surface area contributed by atoms with E-state index in [2.05, 4.69) is 4.98 Å². The molecule has 2 fully saturated rings. The van der Waals surface area contributed by atoms with Crippen molar-refractivity contribution in [3.63, 3.8) is 0 Å². The smallest absolute Gasteiger partial charge is 0.224 e. The van der Waals surface area contributed by atoms with Crippen molar-refractivity contribution in [2.24, 2.45) is 5.92 Å². The van der Waals surface area contributed by atoms with Crippen molar-refractivity contribution in [2.75, 3.05) is 7.11 Å². The van der Waals surface area contributed by atoms with Gasteiger partial charge < -0.3 is 4.74 Å². The van der Waals surface area contributed by atoms with Crippen LogP contribution in [-0.2, 0) is 9.84 Å². The first kappa shape index (κ1) is 13.5. The Balaban J connectivity index is 1.87. The maximum absolute atomic E-state index is 12.6. The molecule has 20 heavy (non-hydrogen) atoms. The van der Waals surface area contributed by atoms with Gasteiger partial charge in [0.2, 0.25) is 5.88 Å². The second kappa shape index (κ2) is 4.84. The Hall–Kier alpha value is -1.43. The maximum atomic E-state index is 12.6. The van der Waals surface area contributed by atoms with Gasteiger partial charge in [-0.2, -0.15) is 0 Å². The first-order valence-electron chi connectivity index (χ1n) is 6.80. The minimum Gasteiger partial charge on any atom is -0.480 e. The van der Waals surface area contributed by atoms with Crippen molar-refractivity contribution in [3.8, 4) is 5.88 Å². The molecule has 0 aliphatic carbocycles. The number of hydrogen-bond acceptors (Lipinski definition) is 5. The van der Waals surface area contributed by atoms with Gasteiger partial charge in [-0.15, -0.1) is 0 Å². The lowest BCUT2D eigenvalue weighted by Gasteiger charge is -2.27. The SMILES string of the molecule is COc1ncccc1C(=O)C1CC2CCC(C1)S2(=O)=O. The number of hydrogen-bond donors (Lipinski definition) is 0. The van der Waals surface area contributed by atoms with E-state index in [1.54, 1.807) is 18.3 Å². The fourth-order valence-electron chi connectivity index (χ4n) is 3.38. The summed E-state index contributed by atoms with van der Waals surface area (Å²) >= 11 is 0. The summed E-state index contributed by atoms with van der Waals surface area (Å²) in [5.74, 6) is 0.0501. The van der Waals surface area contributed by atoms with E-state index in [1.165, 1.54) is 7.11 Å². The van der Waals surface area contributed by atoms with E-state index < -0.39 is 9.84 Å². The number of sulfone groups is 1. The summed E-state index contributed by atoms with van der Waals surface area (Å²) in [4.78, 5) is 16.6. The largest absolute Gasteiger partial charge is 0.480 e. The van der Waals surface area contributed by atoms with Crippen molar-refractivity contribution in [2.45, 2.75) is 36.2 Å². The predicted octanol–water partition coefficient (Wildman–Crippen LogP) is 1.63. The molecule has 108 valence electrons. The van der Waals surface area contributed by atoms with E-state index in [4.69, 9.17) is 4.74 Å². The van der Waals surface area contributed by atoms with Gasteiger partial charge in [0.25, 0.3) is 0 Å². The Bertz CT molecular complexity index is 620. The standard InChI is InChI=1S/C14H17NO4S/c1-19-14-12(3-2-6-15-14)13(16)9-7-10-4-5-11(8-9)20(10,17)18/h2-3,6,9-11H,4-5,7-8H2,1H3. The van der Waals surface area contributed by atoms with Crippen LogP contribution >= 0.6 is 0 Å². The summed E-state index contributed by atoms with van der Waals surface area (Å²) in [6.07, 6.45) is 3.85. The minimum atomic E-state index is -2.99. The highest BCUT2D eigenvalue weighted by Gasteiger charge is 2.48. The normalized spacial score (nSPS) is 30.9. The molecule has 3 heterocycles. The van der Waals surface area contributed by atoms with Crippen LogP contribution in [0.4, 0.5) is 0 Å². The van der Waals surface area contributed by atoms with Crippen LogP contribution in [0.15, 0.2) is 18.3 Å². The van der Waals surface area contributed by atoms with Crippen molar-refractivity contribution in [1.29, 1.82) is 0 Å². The van der Waals surface area contributed by atoms with Crippen LogP contribution < -0.4 is 4.74 Å². The lowest BCUT2D eigenvalue weighted by molar-refractivity contribution is 0.0901. The summed E-state index contributed by atoms with van der Waals surface area (Å²) in [5, 5.41) is -0.671. The Morgan fingerprint density at radius 3 is 2.55 bits per heavy atom. The number of carbonyl (C=O) groups is 1. The van der Waals surface area contributed by atoms with Gasteiger partial charge in [-0.3, -0.25) is 4.79 Å². The molecule has 0 amide bonds. The van der Waals surface area contributed by atoms with E-state index in [0.717, 1.165) is 0 Å². The molecule has 1 aromatic rings. The molecule has 0 spiro atoms. The van der Waals surface area contributed by atoms with E-state index in [9.17, 15) is 13.2 Å². The van der Waals surface area contributed by atoms with Crippen LogP contribution in [0.1, 0.15) is 36.0 Å². The number of methoxy groups -OCH3 is 1. The van der Waals surface area contributed by atoms with E-state index in [0.29, 0.717) is 37.1 Å². The van der Waals surface area contributed by atoms with Crippen LogP contribution in [0.2, 0.25) is 0 Å². The zero-order chi connectivity index (χ0) is 14.3. The van der Waals surface area contributed by atoms with Gasteiger partial charge >= 0.3 is 0 Å². The number of rotatable bonds is 3. The summed E-state index contributed by atoms with van der Waals surface area (Å²) in [6.45, 7) is 0. The first-order chi connectivity index (χ1) is 9.54. The van der Waals surface area contributed by atoms with Crippen LogP contribution in [0.25, 0.3) is 0 Å². The van der Waals surface area contributed by atoms with Gasteiger partial charge in [0.15, 0.2) is 15.6 Å². The molecule has 3 rings (SSSR count). The molecular formula is C14H17NO4S. The molecule has 2 aliphatic rings. The number of carbonyl (C=O) groups excluding carboxylic acids is 1. The molecule has 1 aromatic heterocycles. The van der Waals surface area contributed by atoms with Crippen LogP contribution in [0, 0.1) is 5.92 Å². The third-order valence-corrected chi connectivity index (χ3v) is 7.15. The molecule has 2 atom stereocenters. The average Bonchev–Trinajstić information content (AvgIpc) is 2.66. The molecule has 0 aromatic carbocycles. The topological polar surface area (TPSA) is 73.3 Å². The monoisotopic (exact) mass is 295 g/mol. The Kier molecular flexibility index (Phi) is 3.28. The molecule has 2 saturated heterocycles. The zero-order valence-electron chi connectivity index (χ0n) is 11.3. The van der Waals surface area contributed by atoms with Crippen LogP contribution in [0.5, 0.6) is 5.88 Å². The summed E-state index contributed by atoms with van der Waals surface area (Å²) in [6, 6.07) is 3.39. The number of Topliss-reactive ketones (excluding diaryl/α,β-unsaturated/α-hetero) is 1. The third kappa shape index (κ3) is 2.02. The molecule has 2 unspecified atom stereocenters. The number of aromatic nitrogens is 1. The van der Waals surface area contributed by atoms with Crippen molar-refractivity contribution < 1.29 is 17.9 Å². The zero-order valence-corrected chi connectivity index (χ0v) is 12.1. The molecule has 2 bridgehead atoms. The van der Waals surface area contributed by atoms with Gasteiger partial charge in [-0.05, 0) is 37.8 Å². The summed E-state index contributed by atoms with van der Waals surface area (Å²) in [7, 11) is -1.51.